The van der Waals surface area contributed by atoms with Crippen LogP contribution in [-0.4, -0.2) is 27.5 Å². The molecule has 2 unspecified atom stereocenters. The predicted molar refractivity (Wildman–Crippen MR) is 82.0 cm³/mol. The van der Waals surface area contributed by atoms with E-state index in [1.54, 1.807) is 0 Å². The van der Waals surface area contributed by atoms with Crippen molar-refractivity contribution in [2.24, 2.45) is 11.8 Å². The molecule has 2 saturated heterocycles. The van der Waals surface area contributed by atoms with Crippen LogP contribution in [0.2, 0.25) is 0 Å². The van der Waals surface area contributed by atoms with E-state index in [1.165, 1.54) is 25.1 Å². The summed E-state index contributed by atoms with van der Waals surface area (Å²) in [7, 11) is 0. The summed E-state index contributed by atoms with van der Waals surface area (Å²) in [5.41, 5.74) is 1.42. The number of aromatic nitrogens is 2. The van der Waals surface area contributed by atoms with Crippen molar-refractivity contribution in [2.45, 2.75) is 19.0 Å². The fourth-order valence-corrected chi connectivity index (χ4v) is 4.20. The van der Waals surface area contributed by atoms with Gasteiger partial charge in [-0.1, -0.05) is 30.3 Å². The molecule has 3 nitrogen and oxygen atoms in total. The predicted octanol–water partition coefficient (Wildman–Crippen LogP) is 3.24. The molecular weight excluding hydrogens is 266 g/mol. The second kappa shape index (κ2) is 4.86. The SMILES string of the molecule is S=c1[nH]ccn1C1C2CC1CN(Cc1ccccc1)C2. The van der Waals surface area contributed by atoms with Crippen molar-refractivity contribution in [3.05, 3.63) is 53.1 Å². The number of rotatable bonds is 3. The van der Waals surface area contributed by atoms with E-state index in [1.807, 2.05) is 6.20 Å². The Bertz CT molecular complexity index is 633. The first kappa shape index (κ1) is 12.4. The summed E-state index contributed by atoms with van der Waals surface area (Å²) in [6.07, 6.45) is 5.43. The Kier molecular flexibility index (Phi) is 3.00. The Morgan fingerprint density at radius 2 is 1.90 bits per heavy atom. The number of nitrogens with zero attached hydrogens (tertiary/aromatic N) is 2. The third-order valence-electron chi connectivity index (χ3n) is 4.80. The van der Waals surface area contributed by atoms with E-state index >= 15 is 0 Å². The van der Waals surface area contributed by atoms with Crippen molar-refractivity contribution in [1.82, 2.24) is 14.5 Å². The van der Waals surface area contributed by atoms with Crippen LogP contribution in [0, 0.1) is 16.6 Å². The van der Waals surface area contributed by atoms with Gasteiger partial charge in [0, 0.05) is 38.1 Å². The van der Waals surface area contributed by atoms with Crippen LogP contribution in [0.5, 0.6) is 0 Å². The maximum atomic E-state index is 5.37. The van der Waals surface area contributed by atoms with Gasteiger partial charge in [-0.2, -0.15) is 0 Å². The first-order valence-corrected chi connectivity index (χ1v) is 7.74. The van der Waals surface area contributed by atoms with E-state index in [9.17, 15) is 0 Å². The molecule has 0 radical (unpaired) electrons. The number of nitrogens with one attached hydrogen (secondary N) is 1. The van der Waals surface area contributed by atoms with E-state index < -0.39 is 0 Å². The zero-order chi connectivity index (χ0) is 13.5. The Balaban J connectivity index is 1.46. The highest BCUT2D eigenvalue weighted by molar-refractivity contribution is 7.71. The number of H-pyrrole nitrogens is 1. The van der Waals surface area contributed by atoms with Crippen molar-refractivity contribution < 1.29 is 0 Å². The van der Waals surface area contributed by atoms with Crippen molar-refractivity contribution in [3.63, 3.8) is 0 Å². The van der Waals surface area contributed by atoms with Crippen LogP contribution < -0.4 is 0 Å². The standard InChI is InChI=1S/C16H19N3S/c20-16-17-6-7-19(16)15-13-8-14(15)11-18(10-13)9-12-4-2-1-3-5-12/h1-7,13-15H,8-11H2,(H,17,20). The number of hydrogen-bond donors (Lipinski definition) is 1. The molecule has 2 aliphatic heterocycles. The molecule has 0 amide bonds. The monoisotopic (exact) mass is 285 g/mol. The van der Waals surface area contributed by atoms with Gasteiger partial charge in [0.25, 0.3) is 0 Å². The molecule has 1 aromatic carbocycles. The number of aromatic amines is 1. The van der Waals surface area contributed by atoms with Gasteiger partial charge in [0.2, 0.25) is 0 Å². The Morgan fingerprint density at radius 1 is 1.15 bits per heavy atom. The molecule has 2 bridgehead atoms. The molecule has 1 saturated carbocycles. The molecule has 3 fully saturated rings. The van der Waals surface area contributed by atoms with Crippen molar-refractivity contribution in [1.29, 1.82) is 0 Å². The van der Waals surface area contributed by atoms with Crippen LogP contribution in [-0.2, 0) is 6.54 Å². The van der Waals surface area contributed by atoms with Crippen LogP contribution in [0.25, 0.3) is 0 Å². The van der Waals surface area contributed by atoms with E-state index in [-0.39, 0.29) is 0 Å². The molecule has 3 heterocycles. The van der Waals surface area contributed by atoms with Gasteiger partial charge < -0.3 is 9.55 Å². The quantitative estimate of drug-likeness (QED) is 0.875. The third kappa shape index (κ3) is 2.03. The van der Waals surface area contributed by atoms with Gasteiger partial charge >= 0.3 is 0 Å². The van der Waals surface area contributed by atoms with Gasteiger partial charge in [-0.15, -0.1) is 0 Å². The first-order valence-electron chi connectivity index (χ1n) is 7.33. The lowest BCUT2D eigenvalue weighted by Crippen LogP contribution is -2.55. The van der Waals surface area contributed by atoms with Crippen LogP contribution >= 0.6 is 12.2 Å². The third-order valence-corrected chi connectivity index (χ3v) is 5.13. The Hall–Kier alpha value is -1.39. The van der Waals surface area contributed by atoms with Crippen molar-refractivity contribution >= 4 is 12.2 Å². The fraction of sp³-hybridized carbons (Fsp3) is 0.438. The number of hydrogen-bond acceptors (Lipinski definition) is 2. The van der Waals surface area contributed by atoms with E-state index in [2.05, 4.69) is 51.0 Å². The van der Waals surface area contributed by atoms with Gasteiger partial charge in [0.05, 0.1) is 0 Å². The van der Waals surface area contributed by atoms with Crippen LogP contribution in [0.4, 0.5) is 0 Å². The van der Waals surface area contributed by atoms with Gasteiger partial charge in [-0.05, 0) is 36.0 Å². The molecule has 2 aromatic rings. The number of benzene rings is 1. The number of fused-ring (bicyclic) bond motifs is 2. The van der Waals surface area contributed by atoms with E-state index in [0.29, 0.717) is 6.04 Å². The molecule has 0 spiro atoms. The molecule has 3 aliphatic rings. The number of imidazole rings is 1. The molecule has 2 atom stereocenters. The molecule has 1 N–H and O–H groups in total. The second-order valence-corrected chi connectivity index (χ2v) is 6.49. The lowest BCUT2D eigenvalue weighted by Gasteiger charge is -2.54. The highest BCUT2D eigenvalue weighted by Gasteiger charge is 2.47. The molecule has 104 valence electrons. The highest BCUT2D eigenvalue weighted by Crippen LogP contribution is 2.48. The maximum absolute atomic E-state index is 5.37. The van der Waals surface area contributed by atoms with Gasteiger partial charge in [-0.3, -0.25) is 4.90 Å². The molecule has 4 heteroatoms. The smallest absolute Gasteiger partial charge is 0.177 e. The topological polar surface area (TPSA) is 24.0 Å². The molecule has 20 heavy (non-hydrogen) atoms. The average molecular weight is 285 g/mol. The minimum Gasteiger partial charge on any atom is -0.337 e. The maximum Gasteiger partial charge on any atom is 0.177 e. The summed E-state index contributed by atoms with van der Waals surface area (Å²) in [5.74, 6) is 1.53. The minimum absolute atomic E-state index is 0.626. The average Bonchev–Trinajstić information content (AvgIpc) is 2.86. The minimum atomic E-state index is 0.626. The zero-order valence-electron chi connectivity index (χ0n) is 11.4. The highest BCUT2D eigenvalue weighted by atomic mass is 32.1. The molecule has 1 aromatic heterocycles. The molecule has 1 aliphatic carbocycles. The largest absolute Gasteiger partial charge is 0.337 e. The van der Waals surface area contributed by atoms with E-state index in [0.717, 1.165) is 23.2 Å². The van der Waals surface area contributed by atoms with Gasteiger partial charge in [0.1, 0.15) is 0 Å². The first-order chi connectivity index (χ1) is 9.81. The van der Waals surface area contributed by atoms with Crippen molar-refractivity contribution in [3.8, 4) is 0 Å². The fourth-order valence-electron chi connectivity index (χ4n) is 3.95. The summed E-state index contributed by atoms with van der Waals surface area (Å²) < 4.78 is 3.15. The summed E-state index contributed by atoms with van der Waals surface area (Å²) in [6.45, 7) is 3.48. The summed E-state index contributed by atoms with van der Waals surface area (Å²) in [5, 5.41) is 0. The van der Waals surface area contributed by atoms with Gasteiger partial charge in [-0.25, -0.2) is 0 Å². The summed E-state index contributed by atoms with van der Waals surface area (Å²) in [6, 6.07) is 11.4. The van der Waals surface area contributed by atoms with Crippen LogP contribution in [0.1, 0.15) is 18.0 Å². The lowest BCUT2D eigenvalue weighted by molar-refractivity contribution is -0.0381. The number of piperidine rings is 2. The molecular formula is C16H19N3S. The Labute approximate surface area is 124 Å². The molecule has 5 rings (SSSR count). The summed E-state index contributed by atoms with van der Waals surface area (Å²) >= 11 is 5.37. The lowest BCUT2D eigenvalue weighted by atomic mass is 9.66. The van der Waals surface area contributed by atoms with Crippen LogP contribution in [0.15, 0.2) is 42.7 Å². The second-order valence-electron chi connectivity index (χ2n) is 6.10. The van der Waals surface area contributed by atoms with E-state index in [4.69, 9.17) is 12.2 Å². The Morgan fingerprint density at radius 3 is 2.55 bits per heavy atom. The summed E-state index contributed by atoms with van der Waals surface area (Å²) in [4.78, 5) is 5.72. The van der Waals surface area contributed by atoms with Gasteiger partial charge in [0.15, 0.2) is 4.77 Å². The van der Waals surface area contributed by atoms with Crippen molar-refractivity contribution in [2.75, 3.05) is 13.1 Å². The zero-order valence-corrected chi connectivity index (χ0v) is 12.2. The normalized spacial score (nSPS) is 29.1. The van der Waals surface area contributed by atoms with Crippen LogP contribution in [0.3, 0.4) is 0 Å².